The Bertz CT molecular complexity index is 533. The van der Waals surface area contributed by atoms with Crippen molar-refractivity contribution in [2.75, 3.05) is 11.1 Å². The minimum absolute atomic E-state index is 0.737. The van der Waals surface area contributed by atoms with Gasteiger partial charge in [-0.3, -0.25) is 0 Å². The Labute approximate surface area is 106 Å². The van der Waals surface area contributed by atoms with E-state index < -0.39 is 0 Å². The summed E-state index contributed by atoms with van der Waals surface area (Å²) in [4.78, 5) is 0. The summed E-state index contributed by atoms with van der Waals surface area (Å²) < 4.78 is 0. The number of anilines is 3. The van der Waals surface area contributed by atoms with Crippen LogP contribution in [0.5, 0.6) is 0 Å². The summed E-state index contributed by atoms with van der Waals surface area (Å²) in [6, 6.07) is 11.7. The molecule has 3 heteroatoms. The third-order valence-electron chi connectivity index (χ3n) is 2.74. The van der Waals surface area contributed by atoms with E-state index in [4.69, 9.17) is 17.3 Å². The number of hydrogen-bond acceptors (Lipinski definition) is 2. The molecule has 3 N–H and O–H groups in total. The number of benzene rings is 2. The molecule has 0 bridgehead atoms. The Hall–Kier alpha value is -1.67. The minimum Gasteiger partial charge on any atom is -0.399 e. The summed E-state index contributed by atoms with van der Waals surface area (Å²) in [7, 11) is 0. The smallest absolute Gasteiger partial charge is 0.0418 e. The van der Waals surface area contributed by atoms with Crippen molar-refractivity contribution in [2.24, 2.45) is 0 Å². The SMILES string of the molecule is Cc1cc(Nc2ccc(Cl)cc2)c(C)cc1N. The number of aryl methyl sites for hydroxylation is 2. The zero-order valence-electron chi connectivity index (χ0n) is 9.92. The predicted octanol–water partition coefficient (Wildman–Crippen LogP) is 4.28. The molecule has 2 aromatic rings. The van der Waals surface area contributed by atoms with Gasteiger partial charge in [0, 0.05) is 22.1 Å². The Kier molecular flexibility index (Phi) is 3.25. The fourth-order valence-electron chi connectivity index (χ4n) is 1.66. The van der Waals surface area contributed by atoms with E-state index in [9.17, 15) is 0 Å². The second-order valence-corrected chi connectivity index (χ2v) is 4.59. The molecule has 0 fully saturated rings. The van der Waals surface area contributed by atoms with Crippen molar-refractivity contribution in [3.8, 4) is 0 Å². The fraction of sp³-hybridized carbons (Fsp3) is 0.143. The van der Waals surface area contributed by atoms with Crippen molar-refractivity contribution in [1.82, 2.24) is 0 Å². The predicted molar refractivity (Wildman–Crippen MR) is 75.1 cm³/mol. The Morgan fingerprint density at radius 3 is 2.29 bits per heavy atom. The van der Waals surface area contributed by atoms with Crippen molar-refractivity contribution in [1.29, 1.82) is 0 Å². The first-order valence-corrected chi connectivity index (χ1v) is 5.83. The van der Waals surface area contributed by atoms with Gasteiger partial charge in [-0.15, -0.1) is 0 Å². The molecule has 0 saturated heterocycles. The highest BCUT2D eigenvalue weighted by Gasteiger charge is 2.02. The van der Waals surface area contributed by atoms with E-state index in [2.05, 4.69) is 11.4 Å². The summed E-state index contributed by atoms with van der Waals surface area (Å²) in [6.07, 6.45) is 0. The molecule has 0 unspecified atom stereocenters. The first kappa shape index (κ1) is 11.8. The molecule has 17 heavy (non-hydrogen) atoms. The number of nitrogens with one attached hydrogen (secondary N) is 1. The highest BCUT2D eigenvalue weighted by atomic mass is 35.5. The summed E-state index contributed by atoms with van der Waals surface area (Å²) in [5, 5.41) is 4.09. The van der Waals surface area contributed by atoms with E-state index in [0.717, 1.165) is 33.2 Å². The second kappa shape index (κ2) is 4.68. The van der Waals surface area contributed by atoms with Gasteiger partial charge in [-0.1, -0.05) is 11.6 Å². The van der Waals surface area contributed by atoms with Gasteiger partial charge >= 0.3 is 0 Å². The van der Waals surface area contributed by atoms with Gasteiger partial charge in [0.2, 0.25) is 0 Å². The molecule has 0 saturated carbocycles. The van der Waals surface area contributed by atoms with Crippen LogP contribution in [0, 0.1) is 13.8 Å². The van der Waals surface area contributed by atoms with Crippen LogP contribution in [0.4, 0.5) is 17.1 Å². The van der Waals surface area contributed by atoms with E-state index in [-0.39, 0.29) is 0 Å². The van der Waals surface area contributed by atoms with Crippen molar-refractivity contribution < 1.29 is 0 Å². The van der Waals surface area contributed by atoms with Crippen molar-refractivity contribution in [3.63, 3.8) is 0 Å². The molecular weight excluding hydrogens is 232 g/mol. The van der Waals surface area contributed by atoms with Crippen LogP contribution >= 0.6 is 11.6 Å². The Balaban J connectivity index is 2.30. The second-order valence-electron chi connectivity index (χ2n) is 4.16. The molecule has 0 aliphatic carbocycles. The molecule has 0 heterocycles. The fourth-order valence-corrected chi connectivity index (χ4v) is 1.79. The molecule has 0 amide bonds. The number of nitrogen functional groups attached to an aromatic ring is 1. The number of nitrogens with two attached hydrogens (primary N) is 1. The van der Waals surface area contributed by atoms with Gasteiger partial charge in [0.1, 0.15) is 0 Å². The number of halogens is 1. The lowest BCUT2D eigenvalue weighted by atomic mass is 10.1. The van der Waals surface area contributed by atoms with Gasteiger partial charge in [-0.05, 0) is 61.4 Å². The van der Waals surface area contributed by atoms with Crippen molar-refractivity contribution in [2.45, 2.75) is 13.8 Å². The van der Waals surface area contributed by atoms with Crippen LogP contribution < -0.4 is 11.1 Å². The van der Waals surface area contributed by atoms with Crippen molar-refractivity contribution >= 4 is 28.7 Å². The van der Waals surface area contributed by atoms with Crippen LogP contribution in [0.15, 0.2) is 36.4 Å². The summed E-state index contributed by atoms with van der Waals surface area (Å²) in [5.74, 6) is 0. The Morgan fingerprint density at radius 1 is 1.00 bits per heavy atom. The molecule has 0 aromatic heterocycles. The minimum atomic E-state index is 0.737. The normalized spacial score (nSPS) is 10.3. The molecule has 0 spiro atoms. The van der Waals surface area contributed by atoms with Crippen LogP contribution in [0.1, 0.15) is 11.1 Å². The zero-order chi connectivity index (χ0) is 12.4. The first-order chi connectivity index (χ1) is 8.06. The van der Waals surface area contributed by atoms with Gasteiger partial charge < -0.3 is 11.1 Å². The highest BCUT2D eigenvalue weighted by Crippen LogP contribution is 2.26. The largest absolute Gasteiger partial charge is 0.399 e. The lowest BCUT2D eigenvalue weighted by Crippen LogP contribution is -1.97. The van der Waals surface area contributed by atoms with E-state index in [1.807, 2.05) is 44.2 Å². The lowest BCUT2D eigenvalue weighted by Gasteiger charge is -2.12. The Morgan fingerprint density at radius 2 is 1.65 bits per heavy atom. The van der Waals surface area contributed by atoms with Crippen LogP contribution in [0.25, 0.3) is 0 Å². The highest BCUT2D eigenvalue weighted by molar-refractivity contribution is 6.30. The van der Waals surface area contributed by atoms with E-state index in [0.29, 0.717) is 0 Å². The molecule has 2 aromatic carbocycles. The van der Waals surface area contributed by atoms with E-state index in [1.165, 1.54) is 0 Å². The maximum Gasteiger partial charge on any atom is 0.0418 e. The topological polar surface area (TPSA) is 38.0 Å². The van der Waals surface area contributed by atoms with Gasteiger partial charge in [0.25, 0.3) is 0 Å². The first-order valence-electron chi connectivity index (χ1n) is 5.45. The van der Waals surface area contributed by atoms with Crippen LogP contribution in [0.2, 0.25) is 5.02 Å². The summed E-state index contributed by atoms with van der Waals surface area (Å²) in [5.41, 5.74) is 11.0. The van der Waals surface area contributed by atoms with Crippen molar-refractivity contribution in [3.05, 3.63) is 52.5 Å². The lowest BCUT2D eigenvalue weighted by molar-refractivity contribution is 1.38. The van der Waals surface area contributed by atoms with E-state index >= 15 is 0 Å². The molecular formula is C14H15ClN2. The van der Waals surface area contributed by atoms with Gasteiger partial charge in [-0.25, -0.2) is 0 Å². The van der Waals surface area contributed by atoms with Crippen LogP contribution in [-0.2, 0) is 0 Å². The molecule has 88 valence electrons. The summed E-state index contributed by atoms with van der Waals surface area (Å²) in [6.45, 7) is 4.04. The molecule has 0 radical (unpaired) electrons. The third-order valence-corrected chi connectivity index (χ3v) is 2.99. The molecule has 0 aliphatic heterocycles. The average Bonchev–Trinajstić information content (AvgIpc) is 2.29. The van der Waals surface area contributed by atoms with Crippen LogP contribution in [-0.4, -0.2) is 0 Å². The van der Waals surface area contributed by atoms with Gasteiger partial charge in [0.15, 0.2) is 0 Å². The monoisotopic (exact) mass is 246 g/mol. The van der Waals surface area contributed by atoms with E-state index in [1.54, 1.807) is 0 Å². The number of rotatable bonds is 2. The molecule has 0 atom stereocenters. The van der Waals surface area contributed by atoms with Gasteiger partial charge in [-0.2, -0.15) is 0 Å². The summed E-state index contributed by atoms with van der Waals surface area (Å²) >= 11 is 5.85. The third kappa shape index (κ3) is 2.71. The standard InChI is InChI=1S/C14H15ClN2/c1-9-8-14(10(2)7-13(9)16)17-12-5-3-11(15)4-6-12/h3-8,17H,16H2,1-2H3. The van der Waals surface area contributed by atoms with Gasteiger partial charge in [0.05, 0.1) is 0 Å². The number of hydrogen-bond donors (Lipinski definition) is 2. The molecule has 2 rings (SSSR count). The van der Waals surface area contributed by atoms with Crippen LogP contribution in [0.3, 0.4) is 0 Å². The maximum atomic E-state index is 5.86. The molecule has 2 nitrogen and oxygen atoms in total. The zero-order valence-corrected chi connectivity index (χ0v) is 10.7. The molecule has 0 aliphatic rings. The average molecular weight is 247 g/mol. The quantitative estimate of drug-likeness (QED) is 0.776. The maximum absolute atomic E-state index is 5.86.